The number of hydrogen-bond donors (Lipinski definition) is 1. The molecule has 3 aromatic rings. The van der Waals surface area contributed by atoms with E-state index in [4.69, 9.17) is 9.84 Å². The summed E-state index contributed by atoms with van der Waals surface area (Å²) in [5.74, 6) is 1.64. The van der Waals surface area contributed by atoms with Gasteiger partial charge in [0, 0.05) is 37.4 Å². The number of nitrogens with one attached hydrogen (secondary N) is 1. The molecule has 1 aromatic heterocycles. The summed E-state index contributed by atoms with van der Waals surface area (Å²) in [6, 6.07) is 20.4. The Labute approximate surface area is 182 Å². The Morgan fingerprint density at radius 1 is 0.903 bits per heavy atom. The molecular formula is C25H29FN4O. The smallest absolute Gasteiger partial charge is 0.128 e. The van der Waals surface area contributed by atoms with E-state index in [2.05, 4.69) is 27.2 Å². The molecule has 2 aromatic carbocycles. The molecule has 6 heteroatoms. The van der Waals surface area contributed by atoms with E-state index in [1.807, 2.05) is 54.6 Å². The Morgan fingerprint density at radius 3 is 2.39 bits per heavy atom. The van der Waals surface area contributed by atoms with Gasteiger partial charge in [-0.05, 0) is 68.3 Å². The zero-order chi connectivity index (χ0) is 21.0. The minimum Gasteiger partial charge on any atom is -0.457 e. The highest BCUT2D eigenvalue weighted by atomic mass is 19.1. The molecule has 2 fully saturated rings. The summed E-state index contributed by atoms with van der Waals surface area (Å²) in [5.41, 5.74) is 2.04. The molecular weight excluding hydrogens is 391 g/mol. The van der Waals surface area contributed by atoms with Crippen molar-refractivity contribution in [1.82, 2.24) is 20.0 Å². The second-order valence-electron chi connectivity index (χ2n) is 8.46. The normalized spacial score (nSPS) is 23.0. The molecule has 3 heterocycles. The van der Waals surface area contributed by atoms with Crippen LogP contribution in [0.4, 0.5) is 4.39 Å². The standard InChI is InChI=1S/C25H29FN4O/c26-23-18-27-14-10-25(23)29-15-11-20(12-16-29)30-17-13-24(28-30)19-6-8-22(9-7-19)31-21-4-2-1-3-5-21/h1-9,13,17,20,23,25,27H,10-12,14-16,18H2. The van der Waals surface area contributed by atoms with Crippen LogP contribution in [0, 0.1) is 0 Å². The first-order valence-corrected chi connectivity index (χ1v) is 11.2. The molecule has 0 amide bonds. The van der Waals surface area contributed by atoms with Crippen molar-refractivity contribution >= 4 is 0 Å². The predicted molar refractivity (Wildman–Crippen MR) is 120 cm³/mol. The van der Waals surface area contributed by atoms with Crippen LogP contribution in [0.15, 0.2) is 66.9 Å². The van der Waals surface area contributed by atoms with Crippen molar-refractivity contribution in [2.45, 2.75) is 37.5 Å². The zero-order valence-corrected chi connectivity index (χ0v) is 17.7. The molecule has 2 aliphatic heterocycles. The third-order valence-corrected chi connectivity index (χ3v) is 6.45. The molecule has 0 aliphatic carbocycles. The van der Waals surface area contributed by atoms with Crippen molar-refractivity contribution in [3.05, 3.63) is 66.9 Å². The van der Waals surface area contributed by atoms with E-state index >= 15 is 0 Å². The Morgan fingerprint density at radius 2 is 1.65 bits per heavy atom. The summed E-state index contributed by atoms with van der Waals surface area (Å²) in [7, 11) is 0. The predicted octanol–water partition coefficient (Wildman–Crippen LogP) is 4.68. The fraction of sp³-hybridized carbons (Fsp3) is 0.400. The third-order valence-electron chi connectivity index (χ3n) is 6.45. The van der Waals surface area contributed by atoms with Crippen molar-refractivity contribution in [2.75, 3.05) is 26.2 Å². The molecule has 0 saturated carbocycles. The van der Waals surface area contributed by atoms with Crippen LogP contribution in [0.25, 0.3) is 11.3 Å². The van der Waals surface area contributed by atoms with Crippen molar-refractivity contribution in [3.63, 3.8) is 0 Å². The van der Waals surface area contributed by atoms with E-state index < -0.39 is 6.17 Å². The fourth-order valence-electron chi connectivity index (χ4n) is 4.71. The van der Waals surface area contributed by atoms with Gasteiger partial charge in [0.1, 0.15) is 17.7 Å². The van der Waals surface area contributed by atoms with Crippen molar-refractivity contribution < 1.29 is 9.13 Å². The molecule has 2 unspecified atom stereocenters. The summed E-state index contributed by atoms with van der Waals surface area (Å²) in [6.45, 7) is 3.29. The van der Waals surface area contributed by atoms with Crippen LogP contribution in [0.5, 0.6) is 11.5 Å². The molecule has 5 nitrogen and oxygen atoms in total. The number of halogens is 1. The summed E-state index contributed by atoms with van der Waals surface area (Å²) in [4.78, 5) is 2.35. The van der Waals surface area contributed by atoms with Gasteiger partial charge in [-0.3, -0.25) is 9.58 Å². The Balaban J connectivity index is 1.19. The van der Waals surface area contributed by atoms with Gasteiger partial charge < -0.3 is 10.1 Å². The summed E-state index contributed by atoms with van der Waals surface area (Å²) in [5, 5.41) is 7.99. The number of aromatic nitrogens is 2. The highest BCUT2D eigenvalue weighted by Crippen LogP contribution is 2.29. The lowest BCUT2D eigenvalue weighted by atomic mass is 9.97. The lowest BCUT2D eigenvalue weighted by molar-refractivity contribution is 0.0559. The minimum atomic E-state index is -0.754. The highest BCUT2D eigenvalue weighted by Gasteiger charge is 2.33. The number of ether oxygens (including phenoxy) is 1. The van der Waals surface area contributed by atoms with E-state index in [9.17, 15) is 4.39 Å². The van der Waals surface area contributed by atoms with Crippen LogP contribution in [0.1, 0.15) is 25.3 Å². The van der Waals surface area contributed by atoms with Crippen LogP contribution in [0.2, 0.25) is 0 Å². The van der Waals surface area contributed by atoms with Gasteiger partial charge in [0.25, 0.3) is 0 Å². The number of para-hydroxylation sites is 1. The maximum absolute atomic E-state index is 14.3. The van der Waals surface area contributed by atoms with Crippen LogP contribution in [-0.4, -0.2) is 53.1 Å². The van der Waals surface area contributed by atoms with Gasteiger partial charge in [-0.2, -0.15) is 5.10 Å². The fourth-order valence-corrected chi connectivity index (χ4v) is 4.71. The molecule has 0 spiro atoms. The molecule has 0 radical (unpaired) electrons. The van der Waals surface area contributed by atoms with Gasteiger partial charge in [0.15, 0.2) is 0 Å². The van der Waals surface area contributed by atoms with Gasteiger partial charge >= 0.3 is 0 Å². The van der Waals surface area contributed by atoms with E-state index in [1.54, 1.807) is 0 Å². The Hall–Kier alpha value is -2.70. The Kier molecular flexibility index (Phi) is 6.00. The van der Waals surface area contributed by atoms with Crippen LogP contribution in [0.3, 0.4) is 0 Å². The summed E-state index contributed by atoms with van der Waals surface area (Å²) in [6.07, 6.45) is 4.26. The number of hydrogen-bond acceptors (Lipinski definition) is 4. The van der Waals surface area contributed by atoms with Gasteiger partial charge in [0.2, 0.25) is 0 Å². The first-order valence-electron chi connectivity index (χ1n) is 11.2. The molecule has 2 aliphatic rings. The topological polar surface area (TPSA) is 42.3 Å². The number of likely N-dealkylation sites (tertiary alicyclic amines) is 1. The number of rotatable bonds is 5. The average molecular weight is 421 g/mol. The second-order valence-corrected chi connectivity index (χ2v) is 8.46. The minimum absolute atomic E-state index is 0.0759. The molecule has 2 atom stereocenters. The maximum atomic E-state index is 14.3. The van der Waals surface area contributed by atoms with Gasteiger partial charge in [-0.25, -0.2) is 4.39 Å². The van der Waals surface area contributed by atoms with Crippen LogP contribution in [-0.2, 0) is 0 Å². The molecule has 2 saturated heterocycles. The van der Waals surface area contributed by atoms with Gasteiger partial charge in [-0.1, -0.05) is 18.2 Å². The lowest BCUT2D eigenvalue weighted by Crippen LogP contribution is -2.53. The molecule has 31 heavy (non-hydrogen) atoms. The first kappa shape index (κ1) is 20.2. The number of nitrogens with zero attached hydrogens (tertiary/aromatic N) is 3. The van der Waals surface area contributed by atoms with Crippen LogP contribution < -0.4 is 10.1 Å². The summed E-state index contributed by atoms with van der Waals surface area (Å²) >= 11 is 0. The van der Waals surface area contributed by atoms with E-state index in [1.165, 1.54) is 0 Å². The van der Waals surface area contributed by atoms with Crippen molar-refractivity contribution in [3.8, 4) is 22.8 Å². The molecule has 0 bridgehead atoms. The zero-order valence-electron chi connectivity index (χ0n) is 17.7. The second kappa shape index (κ2) is 9.20. The maximum Gasteiger partial charge on any atom is 0.128 e. The largest absolute Gasteiger partial charge is 0.457 e. The van der Waals surface area contributed by atoms with Crippen molar-refractivity contribution in [1.29, 1.82) is 0 Å². The molecule has 5 rings (SSSR count). The summed E-state index contributed by atoms with van der Waals surface area (Å²) < 4.78 is 22.2. The first-order chi connectivity index (χ1) is 15.3. The lowest BCUT2D eigenvalue weighted by Gasteiger charge is -2.40. The number of piperidine rings is 2. The quantitative estimate of drug-likeness (QED) is 0.651. The van der Waals surface area contributed by atoms with Crippen molar-refractivity contribution in [2.24, 2.45) is 0 Å². The molecule has 1 N–H and O–H groups in total. The molecule has 162 valence electrons. The van der Waals surface area contributed by atoms with Crippen LogP contribution >= 0.6 is 0 Å². The van der Waals surface area contributed by atoms with E-state index in [0.717, 1.165) is 61.7 Å². The monoisotopic (exact) mass is 420 g/mol. The van der Waals surface area contributed by atoms with E-state index in [0.29, 0.717) is 12.6 Å². The highest BCUT2D eigenvalue weighted by molar-refractivity contribution is 5.59. The van der Waals surface area contributed by atoms with E-state index in [-0.39, 0.29) is 6.04 Å². The Bertz CT molecular complexity index is 967. The average Bonchev–Trinajstić information content (AvgIpc) is 3.31. The third kappa shape index (κ3) is 4.65. The SMILES string of the molecule is FC1CNCCC1N1CCC(n2ccc(-c3ccc(Oc4ccccc4)cc3)n2)CC1. The van der Waals surface area contributed by atoms with Gasteiger partial charge in [0.05, 0.1) is 11.7 Å². The van der Waals surface area contributed by atoms with Gasteiger partial charge in [-0.15, -0.1) is 0 Å². The number of alkyl halides is 1. The number of benzene rings is 2.